The van der Waals surface area contributed by atoms with Crippen LogP contribution in [0.3, 0.4) is 0 Å². The molecule has 0 bridgehead atoms. The van der Waals surface area contributed by atoms with E-state index >= 15 is 0 Å². The normalized spacial score (nSPS) is 14.0. The molecule has 0 aromatic heterocycles. The highest BCUT2D eigenvalue weighted by atomic mass is 16.3. The van der Waals surface area contributed by atoms with E-state index in [0.29, 0.717) is 0 Å². The summed E-state index contributed by atoms with van der Waals surface area (Å²) >= 11 is 0. The zero-order valence-electron chi connectivity index (χ0n) is 12.4. The fourth-order valence-electron chi connectivity index (χ4n) is 2.60. The maximum Gasteiger partial charge on any atom is 0.0626 e. The zero-order valence-corrected chi connectivity index (χ0v) is 12.4. The van der Waals surface area contributed by atoms with Gasteiger partial charge >= 0.3 is 0 Å². The lowest BCUT2D eigenvalue weighted by atomic mass is 10.0. The second-order valence-corrected chi connectivity index (χ2v) is 5.46. The summed E-state index contributed by atoms with van der Waals surface area (Å²) in [5, 5.41) is 13.1. The molecule has 0 saturated carbocycles. The Hall–Kier alpha value is -1.64. The van der Waals surface area contributed by atoms with E-state index in [4.69, 9.17) is 0 Å². The maximum atomic E-state index is 9.62. The van der Waals surface area contributed by atoms with Gasteiger partial charge in [0.25, 0.3) is 0 Å². The van der Waals surface area contributed by atoms with E-state index in [0.717, 1.165) is 5.56 Å². The molecule has 0 radical (unpaired) electrons. The van der Waals surface area contributed by atoms with E-state index in [1.54, 1.807) is 0 Å². The molecule has 2 heteroatoms. The molecule has 106 valence electrons. The van der Waals surface area contributed by atoms with Gasteiger partial charge in [0.1, 0.15) is 0 Å². The lowest BCUT2D eigenvalue weighted by molar-refractivity contribution is 0.235. The van der Waals surface area contributed by atoms with E-state index in [1.165, 1.54) is 16.7 Å². The Balaban J connectivity index is 2.15. The summed E-state index contributed by atoms with van der Waals surface area (Å²) < 4.78 is 0. The summed E-state index contributed by atoms with van der Waals surface area (Å²) in [6.07, 6.45) is 0. The van der Waals surface area contributed by atoms with Crippen molar-refractivity contribution < 1.29 is 5.11 Å². The van der Waals surface area contributed by atoms with Gasteiger partial charge in [-0.25, -0.2) is 0 Å². The van der Waals surface area contributed by atoms with Crippen LogP contribution in [-0.2, 0) is 0 Å². The molecule has 0 spiro atoms. The fourth-order valence-corrected chi connectivity index (χ4v) is 2.60. The van der Waals surface area contributed by atoms with Crippen LogP contribution in [0.15, 0.2) is 48.5 Å². The molecule has 0 aliphatic heterocycles. The summed E-state index contributed by atoms with van der Waals surface area (Å²) in [5.74, 6) is 0. The Morgan fingerprint density at radius 2 is 1.55 bits per heavy atom. The Labute approximate surface area is 121 Å². The molecule has 2 aromatic carbocycles. The lowest BCUT2D eigenvalue weighted by Crippen LogP contribution is -2.27. The molecule has 0 aliphatic rings. The van der Waals surface area contributed by atoms with Gasteiger partial charge in [-0.05, 0) is 31.9 Å². The Morgan fingerprint density at radius 1 is 0.950 bits per heavy atom. The minimum atomic E-state index is -0.0352. The first-order valence-electron chi connectivity index (χ1n) is 7.10. The molecular weight excluding hydrogens is 246 g/mol. The first-order chi connectivity index (χ1) is 9.60. The molecule has 2 N–H and O–H groups in total. The molecule has 20 heavy (non-hydrogen) atoms. The van der Waals surface area contributed by atoms with Crippen molar-refractivity contribution >= 4 is 0 Å². The molecule has 0 aliphatic carbocycles. The third-order valence-corrected chi connectivity index (χ3v) is 3.58. The molecule has 0 amide bonds. The topological polar surface area (TPSA) is 32.3 Å². The fraction of sp³-hybridized carbons (Fsp3) is 0.333. The number of aryl methyl sites for hydroxylation is 2. The van der Waals surface area contributed by atoms with Crippen LogP contribution < -0.4 is 5.32 Å². The van der Waals surface area contributed by atoms with Crippen LogP contribution in [0.4, 0.5) is 0 Å². The summed E-state index contributed by atoms with van der Waals surface area (Å²) in [5.41, 5.74) is 4.92. The van der Waals surface area contributed by atoms with Crippen LogP contribution in [-0.4, -0.2) is 11.7 Å². The third kappa shape index (κ3) is 3.69. The minimum Gasteiger partial charge on any atom is -0.394 e. The van der Waals surface area contributed by atoms with Gasteiger partial charge in [-0.3, -0.25) is 0 Å². The van der Waals surface area contributed by atoms with Crippen LogP contribution in [0.2, 0.25) is 0 Å². The number of hydrogen-bond donors (Lipinski definition) is 2. The van der Waals surface area contributed by atoms with E-state index in [2.05, 4.69) is 44.3 Å². The average molecular weight is 269 g/mol. The van der Waals surface area contributed by atoms with Crippen molar-refractivity contribution in [3.63, 3.8) is 0 Å². The van der Waals surface area contributed by atoms with Crippen molar-refractivity contribution in [2.24, 2.45) is 0 Å². The highest BCUT2D eigenvalue weighted by molar-refractivity contribution is 5.31. The second-order valence-electron chi connectivity index (χ2n) is 5.46. The molecular formula is C18H23NO. The third-order valence-electron chi connectivity index (χ3n) is 3.58. The quantitative estimate of drug-likeness (QED) is 0.867. The molecule has 0 fully saturated rings. The predicted molar refractivity (Wildman–Crippen MR) is 83.7 cm³/mol. The summed E-state index contributed by atoms with van der Waals surface area (Å²) in [6.45, 7) is 6.47. The number of aliphatic hydroxyl groups is 1. The average Bonchev–Trinajstić information content (AvgIpc) is 2.44. The van der Waals surface area contributed by atoms with Crippen molar-refractivity contribution in [3.8, 4) is 0 Å². The summed E-state index contributed by atoms with van der Waals surface area (Å²) in [6, 6.07) is 16.8. The van der Waals surface area contributed by atoms with Crippen molar-refractivity contribution in [3.05, 3.63) is 70.8 Å². The van der Waals surface area contributed by atoms with Crippen LogP contribution in [0.5, 0.6) is 0 Å². The van der Waals surface area contributed by atoms with Crippen molar-refractivity contribution in [1.82, 2.24) is 5.32 Å². The van der Waals surface area contributed by atoms with Crippen LogP contribution in [0, 0.1) is 13.8 Å². The molecule has 0 heterocycles. The Morgan fingerprint density at radius 3 is 2.10 bits per heavy atom. The maximum absolute atomic E-state index is 9.62. The van der Waals surface area contributed by atoms with Gasteiger partial charge in [-0.2, -0.15) is 0 Å². The van der Waals surface area contributed by atoms with Gasteiger partial charge in [-0.15, -0.1) is 0 Å². The molecule has 2 aromatic rings. The van der Waals surface area contributed by atoms with Crippen LogP contribution in [0.1, 0.15) is 41.3 Å². The summed E-state index contributed by atoms with van der Waals surface area (Å²) in [4.78, 5) is 0. The van der Waals surface area contributed by atoms with E-state index in [-0.39, 0.29) is 18.7 Å². The van der Waals surface area contributed by atoms with Crippen molar-refractivity contribution in [1.29, 1.82) is 0 Å². The van der Waals surface area contributed by atoms with Gasteiger partial charge in [-0.1, -0.05) is 59.7 Å². The number of hydrogen-bond acceptors (Lipinski definition) is 2. The van der Waals surface area contributed by atoms with Crippen molar-refractivity contribution in [2.45, 2.75) is 32.9 Å². The van der Waals surface area contributed by atoms with Gasteiger partial charge in [0.15, 0.2) is 0 Å². The molecule has 1 unspecified atom stereocenters. The van der Waals surface area contributed by atoms with Crippen LogP contribution >= 0.6 is 0 Å². The zero-order chi connectivity index (χ0) is 14.5. The Kier molecular flexibility index (Phi) is 4.94. The first-order valence-corrected chi connectivity index (χ1v) is 7.10. The first kappa shape index (κ1) is 14.8. The van der Waals surface area contributed by atoms with Gasteiger partial charge < -0.3 is 10.4 Å². The second kappa shape index (κ2) is 6.69. The smallest absolute Gasteiger partial charge is 0.0626 e. The van der Waals surface area contributed by atoms with Crippen molar-refractivity contribution in [2.75, 3.05) is 6.61 Å². The molecule has 2 rings (SSSR count). The minimum absolute atomic E-state index is 0.0352. The molecule has 2 nitrogen and oxygen atoms in total. The molecule has 2 atom stereocenters. The Bertz CT molecular complexity index is 530. The highest BCUT2D eigenvalue weighted by Gasteiger charge is 2.14. The van der Waals surface area contributed by atoms with Gasteiger partial charge in [0.05, 0.1) is 12.6 Å². The monoisotopic (exact) mass is 269 g/mol. The summed E-state index contributed by atoms with van der Waals surface area (Å²) in [7, 11) is 0. The van der Waals surface area contributed by atoms with Gasteiger partial charge in [0.2, 0.25) is 0 Å². The predicted octanol–water partition coefficient (Wildman–Crippen LogP) is 3.69. The van der Waals surface area contributed by atoms with Gasteiger partial charge in [0, 0.05) is 6.04 Å². The van der Waals surface area contributed by atoms with E-state index < -0.39 is 0 Å². The largest absolute Gasteiger partial charge is 0.394 e. The number of aliphatic hydroxyl groups excluding tert-OH is 1. The van der Waals surface area contributed by atoms with E-state index in [9.17, 15) is 5.11 Å². The highest BCUT2D eigenvalue weighted by Crippen LogP contribution is 2.21. The number of nitrogens with one attached hydrogen (secondary N) is 1. The SMILES string of the molecule is Cc1cc(C)cc(C(C)N[C@H](CO)c2ccccc2)c1. The number of rotatable bonds is 5. The standard InChI is InChI=1S/C18H23NO/c1-13-9-14(2)11-17(10-13)15(3)19-18(12-20)16-7-5-4-6-8-16/h4-11,15,18-20H,12H2,1-3H3/t15?,18-/m1/s1. The lowest BCUT2D eigenvalue weighted by Gasteiger charge is -2.23. The number of benzene rings is 2. The van der Waals surface area contributed by atoms with Crippen LogP contribution in [0.25, 0.3) is 0 Å². The van der Waals surface area contributed by atoms with E-state index in [1.807, 2.05) is 30.3 Å². The molecule has 0 saturated heterocycles.